The zero-order valence-corrected chi connectivity index (χ0v) is 21.1. The first-order chi connectivity index (χ1) is 16.3. The number of aliphatic carboxylic acids is 2. The molecule has 0 heterocycles. The van der Waals surface area contributed by atoms with Gasteiger partial charge in [0, 0.05) is 12.8 Å². The van der Waals surface area contributed by atoms with Crippen molar-refractivity contribution in [3.8, 4) is 0 Å². The molecular weight excluding hydrogens is 482 g/mol. The highest BCUT2D eigenvalue weighted by molar-refractivity contribution is 7.98. The zero-order chi connectivity index (χ0) is 27.1. The molecule has 0 saturated heterocycles. The Morgan fingerprint density at radius 3 is 1.77 bits per heavy atom. The molecular formula is C21H37N5O8S. The van der Waals surface area contributed by atoms with Gasteiger partial charge in [-0.1, -0.05) is 13.8 Å². The summed E-state index contributed by atoms with van der Waals surface area (Å²) in [6.07, 6.45) is 1.21. The van der Waals surface area contributed by atoms with Crippen LogP contribution in [0.15, 0.2) is 0 Å². The summed E-state index contributed by atoms with van der Waals surface area (Å²) in [6, 6.07) is -4.73. The van der Waals surface area contributed by atoms with Gasteiger partial charge in [-0.2, -0.15) is 11.8 Å². The SMILES string of the molecule is CSCCC(NC(=O)C(CCC(N)=O)NC(=O)C(N)CCC(=O)O)C(=O)NC(CC(C)C)C(=O)O. The number of hydrogen-bond acceptors (Lipinski definition) is 8. The molecule has 0 saturated carbocycles. The first-order valence-electron chi connectivity index (χ1n) is 11.2. The third-order valence-corrected chi connectivity index (χ3v) is 5.53. The van der Waals surface area contributed by atoms with Gasteiger partial charge in [0.2, 0.25) is 23.6 Å². The lowest BCUT2D eigenvalue weighted by Gasteiger charge is -2.25. The second-order valence-corrected chi connectivity index (χ2v) is 9.46. The highest BCUT2D eigenvalue weighted by Gasteiger charge is 2.30. The molecule has 4 atom stereocenters. The van der Waals surface area contributed by atoms with E-state index in [9.17, 15) is 33.9 Å². The molecule has 0 spiro atoms. The van der Waals surface area contributed by atoms with Crippen LogP contribution < -0.4 is 27.4 Å². The van der Waals surface area contributed by atoms with Crippen molar-refractivity contribution in [2.75, 3.05) is 12.0 Å². The lowest BCUT2D eigenvalue weighted by Crippen LogP contribution is -2.57. The van der Waals surface area contributed by atoms with Gasteiger partial charge >= 0.3 is 11.9 Å². The van der Waals surface area contributed by atoms with Crippen molar-refractivity contribution >= 4 is 47.3 Å². The van der Waals surface area contributed by atoms with Crippen molar-refractivity contribution < 1.29 is 39.0 Å². The molecule has 35 heavy (non-hydrogen) atoms. The molecule has 0 aromatic carbocycles. The van der Waals surface area contributed by atoms with E-state index in [4.69, 9.17) is 16.6 Å². The molecule has 13 nitrogen and oxygen atoms in total. The maximum absolute atomic E-state index is 12.9. The molecule has 0 aromatic rings. The van der Waals surface area contributed by atoms with Gasteiger partial charge in [0.25, 0.3) is 0 Å². The number of hydrogen-bond donors (Lipinski definition) is 7. The molecule has 0 aliphatic heterocycles. The smallest absolute Gasteiger partial charge is 0.326 e. The van der Waals surface area contributed by atoms with E-state index in [1.807, 2.05) is 13.8 Å². The topological polar surface area (TPSA) is 231 Å². The fraction of sp³-hybridized carbons (Fsp3) is 0.714. The molecule has 0 aliphatic rings. The Labute approximate surface area is 208 Å². The van der Waals surface area contributed by atoms with Gasteiger partial charge in [-0.05, 0) is 43.6 Å². The number of carboxylic acids is 2. The Morgan fingerprint density at radius 1 is 0.800 bits per heavy atom. The summed E-state index contributed by atoms with van der Waals surface area (Å²) in [5.41, 5.74) is 10.8. The molecule has 0 aromatic heterocycles. The predicted molar refractivity (Wildman–Crippen MR) is 129 cm³/mol. The summed E-state index contributed by atoms with van der Waals surface area (Å²) in [6.45, 7) is 3.62. The van der Waals surface area contributed by atoms with E-state index in [0.29, 0.717) is 5.75 Å². The molecule has 14 heteroatoms. The fourth-order valence-corrected chi connectivity index (χ4v) is 3.46. The Balaban J connectivity index is 5.51. The maximum atomic E-state index is 12.9. The third kappa shape index (κ3) is 14.2. The number of primary amides is 1. The average Bonchev–Trinajstić information content (AvgIpc) is 2.76. The van der Waals surface area contributed by atoms with E-state index >= 15 is 0 Å². The standard InChI is InChI=1S/C21H37N5O8S/c1-11(2)10-15(21(33)34)26-20(32)14(8-9-35-3)25-19(31)13(5-6-16(23)27)24-18(30)12(22)4-7-17(28)29/h11-15H,4-10,22H2,1-3H3,(H2,23,27)(H,24,30)(H,25,31)(H,26,32)(H,28,29)(H,33,34). The van der Waals surface area contributed by atoms with Crippen LogP contribution in [0.2, 0.25) is 0 Å². The van der Waals surface area contributed by atoms with E-state index in [1.165, 1.54) is 11.8 Å². The number of thioether (sulfide) groups is 1. The molecule has 0 bridgehead atoms. The number of nitrogens with one attached hydrogen (secondary N) is 3. The van der Waals surface area contributed by atoms with Crippen LogP contribution >= 0.6 is 11.8 Å². The second-order valence-electron chi connectivity index (χ2n) is 8.48. The van der Waals surface area contributed by atoms with E-state index < -0.39 is 59.7 Å². The van der Waals surface area contributed by atoms with E-state index in [-0.39, 0.29) is 44.4 Å². The minimum atomic E-state index is -1.28. The van der Waals surface area contributed by atoms with Crippen molar-refractivity contribution in [2.45, 2.75) is 76.5 Å². The summed E-state index contributed by atoms with van der Waals surface area (Å²) in [5.74, 6) is -4.89. The first kappa shape index (κ1) is 32.1. The molecule has 0 rings (SSSR count). The van der Waals surface area contributed by atoms with Crippen LogP contribution in [0.4, 0.5) is 0 Å². The summed E-state index contributed by atoms with van der Waals surface area (Å²) in [5, 5.41) is 25.5. The summed E-state index contributed by atoms with van der Waals surface area (Å²) >= 11 is 1.41. The Kier molecular flexibility index (Phi) is 15.3. The lowest BCUT2D eigenvalue weighted by molar-refractivity contribution is -0.143. The quantitative estimate of drug-likeness (QED) is 0.114. The van der Waals surface area contributed by atoms with Gasteiger partial charge in [-0.25, -0.2) is 4.79 Å². The minimum Gasteiger partial charge on any atom is -0.481 e. The predicted octanol–water partition coefficient (Wildman–Crippen LogP) is -1.22. The number of nitrogens with two attached hydrogens (primary N) is 2. The number of carboxylic acid groups (broad SMARTS) is 2. The van der Waals surface area contributed by atoms with Crippen molar-refractivity contribution in [3.63, 3.8) is 0 Å². The van der Waals surface area contributed by atoms with E-state index in [0.717, 1.165) is 0 Å². The van der Waals surface area contributed by atoms with Crippen LogP contribution in [0, 0.1) is 5.92 Å². The lowest BCUT2D eigenvalue weighted by atomic mass is 10.0. The van der Waals surface area contributed by atoms with Gasteiger partial charge in [0.1, 0.15) is 18.1 Å². The Bertz CT molecular complexity index is 764. The molecule has 4 amide bonds. The zero-order valence-electron chi connectivity index (χ0n) is 20.2. The Morgan fingerprint density at radius 2 is 1.31 bits per heavy atom. The van der Waals surface area contributed by atoms with Gasteiger partial charge in [-0.3, -0.25) is 24.0 Å². The van der Waals surface area contributed by atoms with Crippen LogP contribution in [-0.2, 0) is 28.8 Å². The van der Waals surface area contributed by atoms with Gasteiger partial charge in [0.15, 0.2) is 0 Å². The largest absolute Gasteiger partial charge is 0.481 e. The van der Waals surface area contributed by atoms with Crippen molar-refractivity contribution in [1.29, 1.82) is 0 Å². The van der Waals surface area contributed by atoms with Crippen LogP contribution in [0.25, 0.3) is 0 Å². The second kappa shape index (κ2) is 16.7. The summed E-state index contributed by atoms with van der Waals surface area (Å²) in [7, 11) is 0. The van der Waals surface area contributed by atoms with E-state index in [2.05, 4.69) is 16.0 Å². The van der Waals surface area contributed by atoms with Gasteiger partial charge in [0.05, 0.1) is 6.04 Å². The van der Waals surface area contributed by atoms with E-state index in [1.54, 1.807) is 6.26 Å². The molecule has 0 fully saturated rings. The van der Waals surface area contributed by atoms with Crippen LogP contribution in [0.1, 0.15) is 52.4 Å². The molecule has 200 valence electrons. The van der Waals surface area contributed by atoms with Crippen LogP contribution in [-0.4, -0.2) is 82.0 Å². The van der Waals surface area contributed by atoms with Gasteiger partial charge in [-0.15, -0.1) is 0 Å². The summed E-state index contributed by atoms with van der Waals surface area (Å²) in [4.78, 5) is 71.6. The first-order valence-corrected chi connectivity index (χ1v) is 12.6. The highest BCUT2D eigenvalue weighted by atomic mass is 32.2. The number of carbonyl (C=O) groups excluding carboxylic acids is 4. The van der Waals surface area contributed by atoms with Crippen LogP contribution in [0.3, 0.4) is 0 Å². The number of amides is 4. The van der Waals surface area contributed by atoms with Crippen molar-refractivity contribution in [3.05, 3.63) is 0 Å². The number of carbonyl (C=O) groups is 6. The fourth-order valence-electron chi connectivity index (χ4n) is 2.99. The highest BCUT2D eigenvalue weighted by Crippen LogP contribution is 2.08. The molecule has 9 N–H and O–H groups in total. The number of rotatable bonds is 18. The van der Waals surface area contributed by atoms with Gasteiger partial charge < -0.3 is 37.6 Å². The normalized spacial score (nSPS) is 14.3. The molecule has 0 radical (unpaired) electrons. The average molecular weight is 520 g/mol. The maximum Gasteiger partial charge on any atom is 0.326 e. The Hall–Kier alpha value is -2.87. The van der Waals surface area contributed by atoms with Crippen molar-refractivity contribution in [2.24, 2.45) is 17.4 Å². The molecule has 4 unspecified atom stereocenters. The minimum absolute atomic E-state index is 0.00522. The van der Waals surface area contributed by atoms with Crippen LogP contribution in [0.5, 0.6) is 0 Å². The monoisotopic (exact) mass is 519 g/mol. The molecule has 0 aliphatic carbocycles. The third-order valence-electron chi connectivity index (χ3n) is 4.88. The summed E-state index contributed by atoms with van der Waals surface area (Å²) < 4.78 is 0. The van der Waals surface area contributed by atoms with Crippen molar-refractivity contribution in [1.82, 2.24) is 16.0 Å².